The standard InChI is InChI=1S/C14H18ClNO3/c15-11-7-5-10(6-8-11)13(9-16(18)19)12-3-1-2-4-14(12)17/h5-8,12-14,17H,1-4,9H2/t12-,13+,14-/m1/s1. The van der Waals surface area contributed by atoms with Gasteiger partial charge in [0.25, 0.3) is 0 Å². The van der Waals surface area contributed by atoms with Crippen LogP contribution in [-0.4, -0.2) is 22.7 Å². The molecule has 0 heterocycles. The number of nitrogens with zero attached hydrogens (tertiary/aromatic N) is 1. The highest BCUT2D eigenvalue weighted by Gasteiger charge is 2.34. The molecule has 1 aromatic rings. The van der Waals surface area contributed by atoms with Crippen LogP contribution in [0.2, 0.25) is 5.02 Å². The van der Waals surface area contributed by atoms with E-state index < -0.39 is 6.10 Å². The van der Waals surface area contributed by atoms with Gasteiger partial charge in [-0.25, -0.2) is 0 Å². The van der Waals surface area contributed by atoms with Gasteiger partial charge >= 0.3 is 0 Å². The van der Waals surface area contributed by atoms with Gasteiger partial charge in [-0.1, -0.05) is 36.6 Å². The van der Waals surface area contributed by atoms with Gasteiger partial charge in [-0.05, 0) is 36.5 Å². The van der Waals surface area contributed by atoms with Crippen LogP contribution in [0.3, 0.4) is 0 Å². The van der Waals surface area contributed by atoms with Crippen molar-refractivity contribution in [2.75, 3.05) is 6.54 Å². The zero-order valence-electron chi connectivity index (χ0n) is 10.7. The fourth-order valence-corrected chi connectivity index (χ4v) is 3.09. The minimum atomic E-state index is -0.436. The third kappa shape index (κ3) is 3.67. The van der Waals surface area contributed by atoms with E-state index in [9.17, 15) is 15.2 Å². The van der Waals surface area contributed by atoms with Crippen molar-refractivity contribution >= 4 is 11.6 Å². The van der Waals surface area contributed by atoms with E-state index in [0.717, 1.165) is 31.2 Å². The number of benzene rings is 1. The second-order valence-electron chi connectivity index (χ2n) is 5.19. The molecule has 1 aliphatic carbocycles. The third-order valence-electron chi connectivity index (χ3n) is 3.94. The first-order valence-corrected chi connectivity index (χ1v) is 7.01. The predicted octanol–water partition coefficient (Wildman–Crippen LogP) is 3.25. The Morgan fingerprint density at radius 2 is 1.95 bits per heavy atom. The molecule has 3 atom stereocenters. The largest absolute Gasteiger partial charge is 0.393 e. The number of rotatable bonds is 4. The van der Waals surface area contributed by atoms with E-state index in [1.54, 1.807) is 12.1 Å². The van der Waals surface area contributed by atoms with Crippen molar-refractivity contribution in [3.8, 4) is 0 Å². The Morgan fingerprint density at radius 3 is 2.53 bits per heavy atom. The molecule has 0 aliphatic heterocycles. The minimum Gasteiger partial charge on any atom is -0.393 e. The lowest BCUT2D eigenvalue weighted by molar-refractivity contribution is -0.485. The highest BCUT2D eigenvalue weighted by Crippen LogP contribution is 2.36. The average molecular weight is 284 g/mol. The molecule has 0 unspecified atom stereocenters. The van der Waals surface area contributed by atoms with E-state index in [4.69, 9.17) is 11.6 Å². The molecular formula is C14H18ClNO3. The minimum absolute atomic E-state index is 0.0275. The molecule has 1 fully saturated rings. The maximum atomic E-state index is 10.9. The molecule has 2 rings (SSSR count). The highest BCUT2D eigenvalue weighted by molar-refractivity contribution is 6.30. The van der Waals surface area contributed by atoms with Gasteiger partial charge in [-0.2, -0.15) is 0 Å². The summed E-state index contributed by atoms with van der Waals surface area (Å²) in [5.74, 6) is -0.261. The molecule has 1 aromatic carbocycles. The van der Waals surface area contributed by atoms with E-state index in [1.807, 2.05) is 12.1 Å². The normalized spacial score (nSPS) is 24.9. The molecule has 5 heteroatoms. The summed E-state index contributed by atoms with van der Waals surface area (Å²) in [6, 6.07) is 7.16. The van der Waals surface area contributed by atoms with Crippen LogP contribution in [-0.2, 0) is 0 Å². The number of aliphatic hydroxyl groups is 1. The molecule has 0 aromatic heterocycles. The van der Waals surface area contributed by atoms with Crippen LogP contribution in [0.5, 0.6) is 0 Å². The van der Waals surface area contributed by atoms with Crippen LogP contribution in [0.15, 0.2) is 24.3 Å². The first kappa shape index (κ1) is 14.3. The van der Waals surface area contributed by atoms with Crippen molar-refractivity contribution in [2.45, 2.75) is 37.7 Å². The topological polar surface area (TPSA) is 63.4 Å². The van der Waals surface area contributed by atoms with Crippen LogP contribution >= 0.6 is 11.6 Å². The molecule has 1 N–H and O–H groups in total. The zero-order valence-corrected chi connectivity index (χ0v) is 11.4. The molecule has 1 saturated carbocycles. The lowest BCUT2D eigenvalue weighted by atomic mass is 9.75. The van der Waals surface area contributed by atoms with Crippen LogP contribution in [0, 0.1) is 16.0 Å². The van der Waals surface area contributed by atoms with Crippen molar-refractivity contribution in [1.82, 2.24) is 0 Å². The molecule has 0 amide bonds. The summed E-state index contributed by atoms with van der Waals surface area (Å²) < 4.78 is 0. The molecule has 0 bridgehead atoms. The van der Waals surface area contributed by atoms with Gasteiger partial charge in [0.15, 0.2) is 0 Å². The van der Waals surface area contributed by atoms with Gasteiger partial charge in [0.1, 0.15) is 0 Å². The Hall–Kier alpha value is -1.13. The smallest absolute Gasteiger partial charge is 0.211 e. The Balaban J connectivity index is 2.24. The zero-order chi connectivity index (χ0) is 13.8. The molecule has 0 saturated heterocycles. The van der Waals surface area contributed by atoms with Gasteiger partial charge in [0, 0.05) is 9.95 Å². The number of hydrogen-bond acceptors (Lipinski definition) is 3. The van der Waals surface area contributed by atoms with Crippen LogP contribution < -0.4 is 0 Å². The van der Waals surface area contributed by atoms with E-state index in [0.29, 0.717) is 5.02 Å². The van der Waals surface area contributed by atoms with Crippen molar-refractivity contribution in [1.29, 1.82) is 0 Å². The second kappa shape index (κ2) is 6.35. The van der Waals surface area contributed by atoms with Gasteiger partial charge in [-0.3, -0.25) is 10.1 Å². The molecule has 19 heavy (non-hydrogen) atoms. The summed E-state index contributed by atoms with van der Waals surface area (Å²) >= 11 is 5.85. The molecule has 0 spiro atoms. The van der Waals surface area contributed by atoms with Crippen molar-refractivity contribution in [3.05, 3.63) is 45.0 Å². The quantitative estimate of drug-likeness (QED) is 0.681. The number of halogens is 1. The molecule has 0 radical (unpaired) electrons. The maximum absolute atomic E-state index is 10.9. The summed E-state index contributed by atoms with van der Waals surface area (Å²) in [5.41, 5.74) is 0.895. The number of aliphatic hydroxyl groups excluding tert-OH is 1. The third-order valence-corrected chi connectivity index (χ3v) is 4.19. The van der Waals surface area contributed by atoms with Gasteiger partial charge in [0.2, 0.25) is 6.54 Å². The summed E-state index contributed by atoms with van der Waals surface area (Å²) in [4.78, 5) is 10.6. The number of nitro groups is 1. The summed E-state index contributed by atoms with van der Waals surface area (Å²) in [7, 11) is 0. The maximum Gasteiger partial charge on any atom is 0.211 e. The van der Waals surface area contributed by atoms with Crippen LogP contribution in [0.25, 0.3) is 0 Å². The fourth-order valence-electron chi connectivity index (χ4n) is 2.97. The highest BCUT2D eigenvalue weighted by atomic mass is 35.5. The molecule has 1 aliphatic rings. The summed E-state index contributed by atoms with van der Waals surface area (Å²) in [6.45, 7) is -0.136. The number of hydrogen-bond donors (Lipinski definition) is 1. The monoisotopic (exact) mass is 283 g/mol. The fraction of sp³-hybridized carbons (Fsp3) is 0.571. The lowest BCUT2D eigenvalue weighted by Crippen LogP contribution is -2.33. The summed E-state index contributed by atoms with van der Waals surface area (Å²) in [6.07, 6.45) is 3.19. The Morgan fingerprint density at radius 1 is 1.32 bits per heavy atom. The Bertz CT molecular complexity index is 435. The Kier molecular flexibility index (Phi) is 4.77. The van der Waals surface area contributed by atoms with Gasteiger partial charge < -0.3 is 5.11 Å². The van der Waals surface area contributed by atoms with Crippen molar-refractivity contribution in [3.63, 3.8) is 0 Å². The summed E-state index contributed by atoms with van der Waals surface area (Å²) in [5, 5.41) is 21.6. The second-order valence-corrected chi connectivity index (χ2v) is 5.63. The molecule has 104 valence electrons. The predicted molar refractivity (Wildman–Crippen MR) is 74.0 cm³/mol. The van der Waals surface area contributed by atoms with Crippen molar-refractivity contribution in [2.24, 2.45) is 5.92 Å². The average Bonchev–Trinajstić information content (AvgIpc) is 2.38. The lowest BCUT2D eigenvalue weighted by Gasteiger charge is -2.32. The first-order valence-electron chi connectivity index (χ1n) is 6.63. The van der Waals surface area contributed by atoms with E-state index in [1.165, 1.54) is 0 Å². The van der Waals surface area contributed by atoms with Crippen LogP contribution in [0.1, 0.15) is 37.2 Å². The van der Waals surface area contributed by atoms with Gasteiger partial charge in [0.05, 0.1) is 12.0 Å². The van der Waals surface area contributed by atoms with E-state index in [2.05, 4.69) is 0 Å². The SMILES string of the molecule is O=[N+]([O-])C[C@@H](c1ccc(Cl)cc1)[C@H]1CCCC[C@H]1O. The van der Waals surface area contributed by atoms with Gasteiger partial charge in [-0.15, -0.1) is 0 Å². The molecule has 4 nitrogen and oxygen atoms in total. The van der Waals surface area contributed by atoms with E-state index >= 15 is 0 Å². The first-order chi connectivity index (χ1) is 9.08. The van der Waals surface area contributed by atoms with Crippen molar-refractivity contribution < 1.29 is 10.0 Å². The van der Waals surface area contributed by atoms with Crippen LogP contribution in [0.4, 0.5) is 0 Å². The van der Waals surface area contributed by atoms with E-state index in [-0.39, 0.29) is 23.3 Å². The Labute approximate surface area is 117 Å². The molecular weight excluding hydrogens is 266 g/mol.